The molecule has 24 heavy (non-hydrogen) atoms. The van der Waals surface area contributed by atoms with Crippen LogP contribution in [0.3, 0.4) is 0 Å². The molecule has 1 aromatic heterocycles. The molecule has 0 aliphatic heterocycles. The van der Waals surface area contributed by atoms with Crippen LogP contribution in [0.5, 0.6) is 5.75 Å². The van der Waals surface area contributed by atoms with Crippen LogP contribution in [0.2, 0.25) is 0 Å². The van der Waals surface area contributed by atoms with Crippen LogP contribution in [0, 0.1) is 5.92 Å². The maximum absolute atomic E-state index is 13.0. The predicted molar refractivity (Wildman–Crippen MR) is 89.1 cm³/mol. The molecule has 130 valence electrons. The second-order valence-corrected chi connectivity index (χ2v) is 6.83. The Morgan fingerprint density at radius 2 is 2.21 bits per heavy atom. The molecule has 1 N–H and O–H groups in total. The van der Waals surface area contributed by atoms with Crippen LogP contribution < -0.4 is 10.1 Å². The highest BCUT2D eigenvalue weighted by atomic mass is 32.2. The standard InChI is InChI=1S/C16H20F2N4OS/c1-19-10-14-20-21-15(24-7-6-11-9-16(11,17)18)22(14)12-4-3-5-13(8-12)23-2/h3-5,8,11,19H,6-7,9-10H2,1-2H3. The van der Waals surface area contributed by atoms with Gasteiger partial charge in [0.2, 0.25) is 0 Å². The fraction of sp³-hybridized carbons (Fsp3) is 0.500. The first kappa shape index (κ1) is 17.2. The van der Waals surface area contributed by atoms with Crippen molar-refractivity contribution in [3.8, 4) is 11.4 Å². The van der Waals surface area contributed by atoms with E-state index < -0.39 is 11.8 Å². The van der Waals surface area contributed by atoms with E-state index in [0.29, 0.717) is 23.9 Å². The summed E-state index contributed by atoms with van der Waals surface area (Å²) in [5.41, 5.74) is 0.892. The topological polar surface area (TPSA) is 52.0 Å². The SMILES string of the molecule is CNCc1nnc(SCCC2CC2(F)F)n1-c1cccc(OC)c1. The second kappa shape index (κ2) is 7.06. The van der Waals surface area contributed by atoms with E-state index in [1.54, 1.807) is 7.11 Å². The minimum Gasteiger partial charge on any atom is -0.497 e. The van der Waals surface area contributed by atoms with E-state index in [2.05, 4.69) is 15.5 Å². The zero-order chi connectivity index (χ0) is 17.2. The molecule has 1 unspecified atom stereocenters. The molecule has 1 atom stereocenters. The molecular weight excluding hydrogens is 334 g/mol. The Bertz CT molecular complexity index is 707. The number of benzene rings is 1. The highest BCUT2D eigenvalue weighted by molar-refractivity contribution is 7.99. The van der Waals surface area contributed by atoms with Crippen LogP contribution in [0.4, 0.5) is 8.78 Å². The maximum Gasteiger partial charge on any atom is 0.251 e. The van der Waals surface area contributed by atoms with Crippen LogP contribution in [0.15, 0.2) is 29.4 Å². The van der Waals surface area contributed by atoms with Crippen molar-refractivity contribution in [1.29, 1.82) is 0 Å². The maximum atomic E-state index is 13.0. The number of hydrogen-bond acceptors (Lipinski definition) is 5. The summed E-state index contributed by atoms with van der Waals surface area (Å²) in [5.74, 6) is -0.828. The molecule has 1 fully saturated rings. The summed E-state index contributed by atoms with van der Waals surface area (Å²) in [4.78, 5) is 0. The molecule has 0 spiro atoms. The number of ether oxygens (including phenoxy) is 1. The number of nitrogens with one attached hydrogen (secondary N) is 1. The molecule has 1 saturated carbocycles. The smallest absolute Gasteiger partial charge is 0.251 e. The number of nitrogens with zero attached hydrogens (tertiary/aromatic N) is 3. The normalized spacial score (nSPS) is 18.6. The van der Waals surface area contributed by atoms with Crippen molar-refractivity contribution in [2.24, 2.45) is 5.92 Å². The Morgan fingerprint density at radius 1 is 1.42 bits per heavy atom. The van der Waals surface area contributed by atoms with Crippen LogP contribution in [0.1, 0.15) is 18.7 Å². The van der Waals surface area contributed by atoms with E-state index >= 15 is 0 Å². The average molecular weight is 354 g/mol. The molecule has 1 aromatic carbocycles. The quantitative estimate of drug-likeness (QED) is 0.738. The minimum absolute atomic E-state index is 0.0150. The second-order valence-electron chi connectivity index (χ2n) is 5.77. The summed E-state index contributed by atoms with van der Waals surface area (Å²) in [5, 5.41) is 12.2. The third-order valence-electron chi connectivity index (χ3n) is 4.00. The van der Waals surface area contributed by atoms with E-state index in [9.17, 15) is 8.78 Å². The fourth-order valence-electron chi connectivity index (χ4n) is 2.55. The Kier molecular flexibility index (Phi) is 5.05. The molecule has 1 aliphatic rings. The molecule has 3 rings (SSSR count). The van der Waals surface area contributed by atoms with Gasteiger partial charge in [-0.2, -0.15) is 0 Å². The van der Waals surface area contributed by atoms with Crippen molar-refractivity contribution in [2.45, 2.75) is 30.5 Å². The van der Waals surface area contributed by atoms with Crippen molar-refractivity contribution in [2.75, 3.05) is 19.9 Å². The number of hydrogen-bond donors (Lipinski definition) is 1. The van der Waals surface area contributed by atoms with Gasteiger partial charge in [-0.1, -0.05) is 17.8 Å². The van der Waals surface area contributed by atoms with Gasteiger partial charge in [0.15, 0.2) is 11.0 Å². The summed E-state index contributed by atoms with van der Waals surface area (Å²) in [6.07, 6.45) is 0.505. The van der Waals surface area contributed by atoms with Gasteiger partial charge in [0, 0.05) is 24.2 Å². The van der Waals surface area contributed by atoms with Gasteiger partial charge in [-0.05, 0) is 25.6 Å². The molecule has 1 aliphatic carbocycles. The summed E-state index contributed by atoms with van der Waals surface area (Å²) in [6, 6.07) is 7.62. The zero-order valence-electron chi connectivity index (χ0n) is 13.6. The summed E-state index contributed by atoms with van der Waals surface area (Å²) < 4.78 is 33.2. The van der Waals surface area contributed by atoms with Crippen molar-refractivity contribution in [3.63, 3.8) is 0 Å². The molecule has 0 amide bonds. The van der Waals surface area contributed by atoms with Gasteiger partial charge in [-0.3, -0.25) is 4.57 Å². The number of thioether (sulfide) groups is 1. The lowest BCUT2D eigenvalue weighted by molar-refractivity contribution is 0.0983. The first-order valence-corrected chi connectivity index (χ1v) is 8.77. The van der Waals surface area contributed by atoms with Crippen molar-refractivity contribution < 1.29 is 13.5 Å². The molecule has 2 aromatic rings. The lowest BCUT2D eigenvalue weighted by Gasteiger charge is -2.11. The van der Waals surface area contributed by atoms with E-state index in [4.69, 9.17) is 4.74 Å². The van der Waals surface area contributed by atoms with Gasteiger partial charge in [0.1, 0.15) is 5.75 Å². The molecule has 0 radical (unpaired) electrons. The van der Waals surface area contributed by atoms with Crippen molar-refractivity contribution >= 4 is 11.8 Å². The summed E-state index contributed by atoms with van der Waals surface area (Å²) in [7, 11) is 3.46. The highest BCUT2D eigenvalue weighted by Crippen LogP contribution is 2.51. The van der Waals surface area contributed by atoms with Gasteiger partial charge >= 0.3 is 0 Å². The number of aromatic nitrogens is 3. The molecule has 1 heterocycles. The van der Waals surface area contributed by atoms with E-state index in [-0.39, 0.29) is 6.42 Å². The number of alkyl halides is 2. The van der Waals surface area contributed by atoms with Gasteiger partial charge < -0.3 is 10.1 Å². The predicted octanol–water partition coefficient (Wildman–Crippen LogP) is 3.13. The Labute approximate surface area is 143 Å². The van der Waals surface area contributed by atoms with Gasteiger partial charge in [-0.15, -0.1) is 10.2 Å². The minimum atomic E-state index is -2.46. The van der Waals surface area contributed by atoms with Gasteiger partial charge in [0.05, 0.1) is 19.3 Å². The molecule has 0 bridgehead atoms. The molecule has 0 saturated heterocycles. The van der Waals surface area contributed by atoms with Crippen molar-refractivity contribution in [3.05, 3.63) is 30.1 Å². The number of halogens is 2. The zero-order valence-corrected chi connectivity index (χ0v) is 14.4. The van der Waals surface area contributed by atoms with E-state index in [1.807, 2.05) is 35.9 Å². The van der Waals surface area contributed by atoms with E-state index in [1.165, 1.54) is 11.8 Å². The summed E-state index contributed by atoms with van der Waals surface area (Å²) >= 11 is 1.46. The largest absolute Gasteiger partial charge is 0.497 e. The van der Waals surface area contributed by atoms with Crippen LogP contribution in [-0.2, 0) is 6.54 Å². The highest BCUT2D eigenvalue weighted by Gasteiger charge is 2.55. The third-order valence-corrected chi connectivity index (χ3v) is 4.96. The van der Waals surface area contributed by atoms with Crippen LogP contribution in [-0.4, -0.2) is 40.6 Å². The number of methoxy groups -OCH3 is 1. The first-order chi connectivity index (χ1) is 11.5. The molecule has 5 nitrogen and oxygen atoms in total. The number of rotatable bonds is 8. The summed E-state index contributed by atoms with van der Waals surface area (Å²) in [6.45, 7) is 0.561. The molecular formula is C16H20F2N4OS. The lowest BCUT2D eigenvalue weighted by Crippen LogP contribution is -2.12. The van der Waals surface area contributed by atoms with Gasteiger partial charge in [-0.25, -0.2) is 8.78 Å². The Balaban J connectivity index is 1.78. The molecule has 8 heteroatoms. The third kappa shape index (κ3) is 3.70. The van der Waals surface area contributed by atoms with Crippen LogP contribution in [0.25, 0.3) is 5.69 Å². The Morgan fingerprint density at radius 3 is 2.88 bits per heavy atom. The van der Waals surface area contributed by atoms with E-state index in [0.717, 1.165) is 17.3 Å². The fourth-order valence-corrected chi connectivity index (χ4v) is 3.57. The van der Waals surface area contributed by atoms with Gasteiger partial charge in [0.25, 0.3) is 5.92 Å². The van der Waals surface area contributed by atoms with Crippen LogP contribution >= 0.6 is 11.8 Å². The first-order valence-electron chi connectivity index (χ1n) is 7.79. The average Bonchev–Trinajstić information content (AvgIpc) is 2.99. The Hall–Kier alpha value is -1.67. The lowest BCUT2D eigenvalue weighted by atomic mass is 10.3. The van der Waals surface area contributed by atoms with Crippen molar-refractivity contribution in [1.82, 2.24) is 20.1 Å². The monoisotopic (exact) mass is 354 g/mol.